The highest BCUT2D eigenvalue weighted by Gasteiger charge is 1.89. The van der Waals surface area contributed by atoms with Crippen LogP contribution in [0.1, 0.15) is 33.1 Å². The molecule has 0 aliphatic heterocycles. The summed E-state index contributed by atoms with van der Waals surface area (Å²) >= 11 is 0. The zero-order valence-corrected chi connectivity index (χ0v) is 6.18. The monoisotopic (exact) mass is 126 g/mol. The molecule has 9 heavy (non-hydrogen) atoms. The molecule has 0 aromatic carbocycles. The second-order valence-electron chi connectivity index (χ2n) is 2.08. The Morgan fingerprint density at radius 2 is 2.22 bits per heavy atom. The van der Waals surface area contributed by atoms with Crippen molar-refractivity contribution in [3.05, 3.63) is 11.6 Å². The van der Waals surface area contributed by atoms with Gasteiger partial charge in [-0.15, -0.1) is 0 Å². The van der Waals surface area contributed by atoms with Crippen LogP contribution < -0.4 is 0 Å². The normalized spacial score (nSPS) is 11.6. The van der Waals surface area contributed by atoms with Gasteiger partial charge in [0.1, 0.15) is 6.29 Å². The lowest BCUT2D eigenvalue weighted by atomic mass is 10.1. The molecule has 0 rings (SSSR count). The molecule has 1 nitrogen and oxygen atoms in total. The van der Waals surface area contributed by atoms with Crippen molar-refractivity contribution < 1.29 is 4.79 Å². The second-order valence-corrected chi connectivity index (χ2v) is 2.08. The number of aldehydes is 1. The Kier molecular flexibility index (Phi) is 5.18. The van der Waals surface area contributed by atoms with E-state index in [4.69, 9.17) is 0 Å². The molecular formula is C8H14O. The first kappa shape index (κ1) is 8.41. The molecule has 0 aromatic heterocycles. The van der Waals surface area contributed by atoms with E-state index in [1.54, 1.807) is 0 Å². The maximum absolute atomic E-state index is 10.2. The van der Waals surface area contributed by atoms with Gasteiger partial charge in [0.15, 0.2) is 0 Å². The number of rotatable bonds is 4. The number of carbonyl (C=O) groups excluding carboxylic acids is 1. The molecule has 0 N–H and O–H groups in total. The zero-order chi connectivity index (χ0) is 7.11. The molecule has 0 spiro atoms. The van der Waals surface area contributed by atoms with Crippen LogP contribution in [0.2, 0.25) is 0 Å². The van der Waals surface area contributed by atoms with Crippen molar-refractivity contribution in [2.45, 2.75) is 33.1 Å². The minimum Gasteiger partial charge on any atom is -0.298 e. The van der Waals surface area contributed by atoms with E-state index in [1.807, 2.05) is 13.0 Å². The van der Waals surface area contributed by atoms with Crippen LogP contribution in [-0.2, 0) is 4.79 Å². The number of unbranched alkanes of at least 4 members (excludes halogenated alkanes) is 1. The predicted octanol–water partition coefficient (Wildman–Crippen LogP) is 2.32. The quantitative estimate of drug-likeness (QED) is 0.417. The lowest BCUT2D eigenvalue weighted by molar-refractivity contribution is -0.105. The highest BCUT2D eigenvalue weighted by molar-refractivity contribution is 5.72. The first-order valence-electron chi connectivity index (χ1n) is 3.45. The van der Waals surface area contributed by atoms with Gasteiger partial charge in [0, 0.05) is 0 Å². The Labute approximate surface area is 56.8 Å². The van der Waals surface area contributed by atoms with Gasteiger partial charge in [-0.3, -0.25) is 4.79 Å². The van der Waals surface area contributed by atoms with Gasteiger partial charge in [-0.05, 0) is 25.3 Å². The van der Waals surface area contributed by atoms with Crippen molar-refractivity contribution in [3.63, 3.8) is 0 Å². The largest absolute Gasteiger partial charge is 0.298 e. The number of hydrogen-bond acceptors (Lipinski definition) is 1. The molecule has 0 unspecified atom stereocenters. The van der Waals surface area contributed by atoms with Gasteiger partial charge in [0.2, 0.25) is 0 Å². The molecule has 0 atom stereocenters. The first-order chi connectivity index (χ1) is 4.35. The van der Waals surface area contributed by atoms with Crippen LogP contribution in [0.5, 0.6) is 0 Å². The third kappa shape index (κ3) is 3.95. The van der Waals surface area contributed by atoms with E-state index in [1.165, 1.54) is 0 Å². The summed E-state index contributed by atoms with van der Waals surface area (Å²) < 4.78 is 0. The van der Waals surface area contributed by atoms with Crippen molar-refractivity contribution in [1.29, 1.82) is 0 Å². The Morgan fingerprint density at radius 3 is 2.56 bits per heavy atom. The fourth-order valence-corrected chi connectivity index (χ4v) is 0.652. The maximum Gasteiger partial charge on any atom is 0.145 e. The van der Waals surface area contributed by atoms with E-state index < -0.39 is 0 Å². The summed E-state index contributed by atoms with van der Waals surface area (Å²) in [6.07, 6.45) is 6.04. The third-order valence-corrected chi connectivity index (χ3v) is 1.34. The fraction of sp³-hybridized carbons (Fsp3) is 0.625. The first-order valence-corrected chi connectivity index (χ1v) is 3.45. The second kappa shape index (κ2) is 5.54. The molecule has 1 heteroatoms. The van der Waals surface area contributed by atoms with E-state index in [0.29, 0.717) is 0 Å². The van der Waals surface area contributed by atoms with Crippen LogP contribution >= 0.6 is 0 Å². The number of hydrogen-bond donors (Lipinski definition) is 0. The molecule has 0 fully saturated rings. The summed E-state index contributed by atoms with van der Waals surface area (Å²) in [5.74, 6) is 0. The highest BCUT2D eigenvalue weighted by atomic mass is 16.1. The molecule has 0 bridgehead atoms. The van der Waals surface area contributed by atoms with Crippen LogP contribution in [0.25, 0.3) is 0 Å². The molecule has 0 aliphatic rings. The average molecular weight is 126 g/mol. The fourth-order valence-electron chi connectivity index (χ4n) is 0.652. The van der Waals surface area contributed by atoms with Crippen LogP contribution in [0.3, 0.4) is 0 Å². The lowest BCUT2D eigenvalue weighted by Crippen LogP contribution is -1.82. The van der Waals surface area contributed by atoms with Gasteiger partial charge in [0.25, 0.3) is 0 Å². The lowest BCUT2D eigenvalue weighted by Gasteiger charge is -1.93. The van der Waals surface area contributed by atoms with Crippen molar-refractivity contribution in [1.82, 2.24) is 0 Å². The van der Waals surface area contributed by atoms with Gasteiger partial charge in [-0.25, -0.2) is 0 Å². The Hall–Kier alpha value is -0.590. The molecule has 0 aromatic rings. The summed E-state index contributed by atoms with van der Waals surface area (Å²) in [6.45, 7) is 4.03. The summed E-state index contributed by atoms with van der Waals surface area (Å²) in [5, 5.41) is 0. The summed E-state index contributed by atoms with van der Waals surface area (Å²) in [7, 11) is 0. The van der Waals surface area contributed by atoms with Gasteiger partial charge in [-0.2, -0.15) is 0 Å². The Morgan fingerprint density at radius 1 is 1.56 bits per heavy atom. The van der Waals surface area contributed by atoms with E-state index in [9.17, 15) is 4.79 Å². The summed E-state index contributed by atoms with van der Waals surface area (Å²) in [4.78, 5) is 10.2. The van der Waals surface area contributed by atoms with Crippen LogP contribution in [0, 0.1) is 0 Å². The summed E-state index contributed by atoms with van der Waals surface area (Å²) in [5.41, 5.74) is 0.928. The molecule has 52 valence electrons. The van der Waals surface area contributed by atoms with E-state index in [2.05, 4.69) is 6.92 Å². The SMILES string of the molecule is CC=C(C=O)CCCC. The molecule has 0 amide bonds. The van der Waals surface area contributed by atoms with E-state index in [-0.39, 0.29) is 0 Å². The minimum absolute atomic E-state index is 0.928. The minimum atomic E-state index is 0.928. The molecule has 0 saturated heterocycles. The molecule has 0 saturated carbocycles. The Bertz CT molecular complexity index is 103. The third-order valence-electron chi connectivity index (χ3n) is 1.34. The summed E-state index contributed by atoms with van der Waals surface area (Å²) in [6, 6.07) is 0. The van der Waals surface area contributed by atoms with Crippen LogP contribution in [-0.4, -0.2) is 6.29 Å². The van der Waals surface area contributed by atoms with Gasteiger partial charge >= 0.3 is 0 Å². The predicted molar refractivity (Wildman–Crippen MR) is 39.3 cm³/mol. The maximum atomic E-state index is 10.2. The van der Waals surface area contributed by atoms with Gasteiger partial charge < -0.3 is 0 Å². The zero-order valence-electron chi connectivity index (χ0n) is 6.18. The van der Waals surface area contributed by atoms with Crippen molar-refractivity contribution in [2.24, 2.45) is 0 Å². The van der Waals surface area contributed by atoms with E-state index >= 15 is 0 Å². The highest BCUT2D eigenvalue weighted by Crippen LogP contribution is 2.02. The smallest absolute Gasteiger partial charge is 0.145 e. The Balaban J connectivity index is 3.45. The molecule has 0 radical (unpaired) electrons. The number of carbonyl (C=O) groups is 1. The van der Waals surface area contributed by atoms with Gasteiger partial charge in [0.05, 0.1) is 0 Å². The van der Waals surface area contributed by atoms with Gasteiger partial charge in [-0.1, -0.05) is 19.4 Å². The van der Waals surface area contributed by atoms with Crippen LogP contribution in [0.4, 0.5) is 0 Å². The topological polar surface area (TPSA) is 17.1 Å². The van der Waals surface area contributed by atoms with E-state index in [0.717, 1.165) is 31.1 Å². The van der Waals surface area contributed by atoms with Crippen LogP contribution in [0.15, 0.2) is 11.6 Å². The van der Waals surface area contributed by atoms with Crippen molar-refractivity contribution >= 4 is 6.29 Å². The molecule has 0 aliphatic carbocycles. The molecule has 0 heterocycles. The number of allylic oxidation sites excluding steroid dienone is 2. The standard InChI is InChI=1S/C8H14O/c1-3-5-6-8(4-2)7-9/h4,7H,3,5-6H2,1-2H3. The van der Waals surface area contributed by atoms with Crippen molar-refractivity contribution in [3.8, 4) is 0 Å². The average Bonchev–Trinajstić information content (AvgIpc) is 1.91. The molecular weight excluding hydrogens is 112 g/mol. The van der Waals surface area contributed by atoms with Crippen molar-refractivity contribution in [2.75, 3.05) is 0 Å².